The van der Waals surface area contributed by atoms with E-state index in [0.29, 0.717) is 0 Å². The van der Waals surface area contributed by atoms with Gasteiger partial charge in [0.1, 0.15) is 0 Å². The Kier molecular flexibility index (Phi) is 5.21. The minimum atomic E-state index is 0.749. The van der Waals surface area contributed by atoms with Gasteiger partial charge in [-0.1, -0.05) is 18.5 Å². The standard InChI is InChI=1S/C12H15BrClN3S/c1-2-7-18-11-8(13)3-4-9(10(11)14)17-12-15-5-6-16-12/h3-4H,2,5-7H2,1H3,(H2,15,16,17). The van der Waals surface area contributed by atoms with Crippen LogP contribution in [0.1, 0.15) is 13.3 Å². The van der Waals surface area contributed by atoms with Crippen molar-refractivity contribution in [3.63, 3.8) is 0 Å². The van der Waals surface area contributed by atoms with E-state index in [2.05, 4.69) is 38.5 Å². The molecule has 0 fully saturated rings. The zero-order chi connectivity index (χ0) is 13.0. The third kappa shape index (κ3) is 3.33. The normalized spacial score (nSPS) is 14.3. The molecule has 0 spiro atoms. The van der Waals surface area contributed by atoms with Crippen LogP contribution in [0.3, 0.4) is 0 Å². The van der Waals surface area contributed by atoms with Crippen molar-refractivity contribution in [3.8, 4) is 0 Å². The summed E-state index contributed by atoms with van der Waals surface area (Å²) in [5.41, 5.74) is 0.895. The number of nitrogens with one attached hydrogen (secondary N) is 2. The molecule has 1 aromatic carbocycles. The third-order valence-corrected chi connectivity index (χ3v) is 5.18. The number of rotatable bonds is 4. The molecule has 0 atom stereocenters. The Bertz CT molecular complexity index is 465. The van der Waals surface area contributed by atoms with Crippen molar-refractivity contribution in [2.45, 2.75) is 18.2 Å². The molecule has 3 nitrogen and oxygen atoms in total. The third-order valence-electron chi connectivity index (χ3n) is 2.43. The first-order valence-electron chi connectivity index (χ1n) is 5.88. The van der Waals surface area contributed by atoms with Gasteiger partial charge in [0.2, 0.25) is 0 Å². The number of anilines is 1. The number of hydrogen-bond acceptors (Lipinski definition) is 4. The van der Waals surface area contributed by atoms with E-state index in [-0.39, 0.29) is 0 Å². The van der Waals surface area contributed by atoms with Gasteiger partial charge >= 0.3 is 0 Å². The predicted molar refractivity (Wildman–Crippen MR) is 84.1 cm³/mol. The first-order valence-corrected chi connectivity index (χ1v) is 8.04. The molecule has 1 aromatic rings. The maximum atomic E-state index is 6.43. The summed E-state index contributed by atoms with van der Waals surface area (Å²) in [6.07, 6.45) is 1.12. The molecule has 0 aliphatic carbocycles. The molecule has 0 aromatic heterocycles. The molecule has 2 N–H and O–H groups in total. The minimum absolute atomic E-state index is 0.749. The zero-order valence-corrected chi connectivity index (χ0v) is 13.3. The van der Waals surface area contributed by atoms with E-state index >= 15 is 0 Å². The van der Waals surface area contributed by atoms with Gasteiger partial charge in [-0.2, -0.15) is 0 Å². The molecule has 0 radical (unpaired) electrons. The molecule has 1 heterocycles. The molecule has 0 bridgehead atoms. The highest BCUT2D eigenvalue weighted by molar-refractivity contribution is 9.10. The van der Waals surface area contributed by atoms with Crippen LogP contribution in [0.5, 0.6) is 0 Å². The summed E-state index contributed by atoms with van der Waals surface area (Å²) in [6.45, 7) is 3.86. The predicted octanol–water partition coefficient (Wildman–Crippen LogP) is 3.98. The van der Waals surface area contributed by atoms with Gasteiger partial charge in [-0.05, 0) is 40.2 Å². The second-order valence-electron chi connectivity index (χ2n) is 3.87. The van der Waals surface area contributed by atoms with Crippen LogP contribution in [0.15, 0.2) is 26.5 Å². The number of guanidine groups is 1. The molecule has 0 unspecified atom stereocenters. The van der Waals surface area contributed by atoms with Crippen molar-refractivity contribution in [2.24, 2.45) is 4.99 Å². The van der Waals surface area contributed by atoms with Gasteiger partial charge in [-0.15, -0.1) is 11.8 Å². The first kappa shape index (κ1) is 14.0. The van der Waals surface area contributed by atoms with Gasteiger partial charge in [0.25, 0.3) is 0 Å². The van der Waals surface area contributed by atoms with Crippen molar-refractivity contribution in [3.05, 3.63) is 21.6 Å². The average Bonchev–Trinajstić information content (AvgIpc) is 2.86. The van der Waals surface area contributed by atoms with Crippen molar-refractivity contribution < 1.29 is 0 Å². The Balaban J connectivity index is 2.20. The van der Waals surface area contributed by atoms with Gasteiger partial charge in [0, 0.05) is 15.9 Å². The van der Waals surface area contributed by atoms with E-state index in [0.717, 1.165) is 51.3 Å². The summed E-state index contributed by atoms with van der Waals surface area (Å²) < 4.78 is 1.04. The number of thioether (sulfide) groups is 1. The molecule has 98 valence electrons. The van der Waals surface area contributed by atoms with Crippen LogP contribution in [-0.2, 0) is 0 Å². The van der Waals surface area contributed by atoms with Gasteiger partial charge in [0.05, 0.1) is 17.3 Å². The smallest absolute Gasteiger partial charge is 0.195 e. The Hall–Kier alpha value is -0.390. The number of hydrogen-bond donors (Lipinski definition) is 2. The monoisotopic (exact) mass is 347 g/mol. The Morgan fingerprint density at radius 1 is 1.56 bits per heavy atom. The first-order chi connectivity index (χ1) is 8.72. The van der Waals surface area contributed by atoms with Gasteiger partial charge in [0.15, 0.2) is 5.96 Å². The number of benzene rings is 1. The number of nitrogens with zero attached hydrogens (tertiary/aromatic N) is 1. The van der Waals surface area contributed by atoms with Crippen molar-refractivity contribution >= 4 is 50.9 Å². The Morgan fingerprint density at radius 2 is 2.39 bits per heavy atom. The van der Waals surface area contributed by atoms with E-state index in [9.17, 15) is 0 Å². The fourth-order valence-corrected chi connectivity index (χ4v) is 3.59. The number of halogens is 2. The molecule has 6 heteroatoms. The molecular formula is C12H15BrClN3S. The van der Waals surface area contributed by atoms with Crippen LogP contribution < -0.4 is 10.6 Å². The topological polar surface area (TPSA) is 36.4 Å². The lowest BCUT2D eigenvalue weighted by molar-refractivity contribution is 0.959. The minimum Gasteiger partial charge on any atom is -0.354 e. The van der Waals surface area contributed by atoms with Crippen LogP contribution in [0.2, 0.25) is 5.02 Å². The van der Waals surface area contributed by atoms with Crippen LogP contribution in [0.25, 0.3) is 0 Å². The summed E-state index contributed by atoms with van der Waals surface area (Å²) in [7, 11) is 0. The van der Waals surface area contributed by atoms with Crippen LogP contribution in [0, 0.1) is 0 Å². The van der Waals surface area contributed by atoms with Gasteiger partial charge in [-0.3, -0.25) is 4.99 Å². The lowest BCUT2D eigenvalue weighted by Gasteiger charge is -2.13. The van der Waals surface area contributed by atoms with Crippen molar-refractivity contribution in [1.29, 1.82) is 0 Å². The zero-order valence-electron chi connectivity index (χ0n) is 10.1. The quantitative estimate of drug-likeness (QED) is 0.808. The van der Waals surface area contributed by atoms with Gasteiger partial charge in [-0.25, -0.2) is 0 Å². The molecular weight excluding hydrogens is 334 g/mol. The summed E-state index contributed by atoms with van der Waals surface area (Å²) in [5.74, 6) is 1.85. The van der Waals surface area contributed by atoms with Gasteiger partial charge < -0.3 is 10.6 Å². The second-order valence-corrected chi connectivity index (χ2v) is 6.21. The fraction of sp³-hybridized carbons (Fsp3) is 0.417. The maximum Gasteiger partial charge on any atom is 0.195 e. The lowest BCUT2D eigenvalue weighted by atomic mass is 10.3. The van der Waals surface area contributed by atoms with Crippen LogP contribution in [0.4, 0.5) is 5.69 Å². The molecule has 18 heavy (non-hydrogen) atoms. The fourth-order valence-electron chi connectivity index (χ4n) is 1.57. The summed E-state index contributed by atoms with van der Waals surface area (Å²) in [4.78, 5) is 5.39. The van der Waals surface area contributed by atoms with Crippen molar-refractivity contribution in [2.75, 3.05) is 24.2 Å². The van der Waals surface area contributed by atoms with E-state index in [4.69, 9.17) is 11.6 Å². The average molecular weight is 349 g/mol. The molecule has 0 amide bonds. The largest absolute Gasteiger partial charge is 0.354 e. The molecule has 0 saturated carbocycles. The maximum absolute atomic E-state index is 6.43. The highest BCUT2D eigenvalue weighted by atomic mass is 79.9. The van der Waals surface area contributed by atoms with Crippen LogP contribution in [-0.4, -0.2) is 24.8 Å². The SMILES string of the molecule is CCCSc1c(Br)ccc(NC2=NCCN2)c1Cl. The molecule has 0 saturated heterocycles. The highest BCUT2D eigenvalue weighted by Gasteiger charge is 2.13. The van der Waals surface area contributed by atoms with Crippen molar-refractivity contribution in [1.82, 2.24) is 5.32 Å². The Labute approximate surface area is 125 Å². The molecule has 2 rings (SSSR count). The summed E-state index contributed by atoms with van der Waals surface area (Å²) in [5, 5.41) is 7.15. The number of aliphatic imine (C=N–C) groups is 1. The summed E-state index contributed by atoms with van der Waals surface area (Å²) >= 11 is 11.7. The Morgan fingerprint density at radius 3 is 3.06 bits per heavy atom. The van der Waals surface area contributed by atoms with E-state index < -0.39 is 0 Å². The van der Waals surface area contributed by atoms with E-state index in [1.807, 2.05) is 12.1 Å². The molecule has 1 aliphatic rings. The van der Waals surface area contributed by atoms with Crippen LogP contribution >= 0.6 is 39.3 Å². The van der Waals surface area contributed by atoms with E-state index in [1.165, 1.54) is 0 Å². The molecule has 1 aliphatic heterocycles. The summed E-state index contributed by atoms with van der Waals surface area (Å²) in [6, 6.07) is 3.98. The van der Waals surface area contributed by atoms with E-state index in [1.54, 1.807) is 11.8 Å². The lowest BCUT2D eigenvalue weighted by Crippen LogP contribution is -2.26. The second kappa shape index (κ2) is 6.68. The highest BCUT2D eigenvalue weighted by Crippen LogP contribution is 2.39.